The highest BCUT2D eigenvalue weighted by Gasteiger charge is 2.19. The van der Waals surface area contributed by atoms with Crippen molar-refractivity contribution in [3.63, 3.8) is 0 Å². The zero-order chi connectivity index (χ0) is 21.3. The summed E-state index contributed by atoms with van der Waals surface area (Å²) in [5, 5.41) is 2.84. The first-order chi connectivity index (χ1) is 13.8. The minimum absolute atomic E-state index is 0.0467. The molecule has 0 heterocycles. The van der Waals surface area contributed by atoms with Crippen molar-refractivity contribution in [3.8, 4) is 0 Å². The van der Waals surface area contributed by atoms with Gasteiger partial charge in [0.05, 0.1) is 25.5 Å². The zero-order valence-corrected chi connectivity index (χ0v) is 17.0. The van der Waals surface area contributed by atoms with Crippen molar-refractivity contribution in [3.05, 3.63) is 71.3 Å². The Morgan fingerprint density at radius 2 is 1.69 bits per heavy atom. The quantitative estimate of drug-likeness (QED) is 0.457. The van der Waals surface area contributed by atoms with Gasteiger partial charge in [0.2, 0.25) is 0 Å². The van der Waals surface area contributed by atoms with Gasteiger partial charge in [-0.3, -0.25) is 8.98 Å². The third-order valence-corrected chi connectivity index (χ3v) is 4.42. The molecule has 1 atom stereocenters. The number of ether oxygens (including phenoxy) is 2. The molecule has 2 rings (SSSR count). The van der Waals surface area contributed by atoms with Gasteiger partial charge in [-0.2, -0.15) is 8.42 Å². The van der Waals surface area contributed by atoms with Crippen LogP contribution in [0, 0.1) is 0 Å². The zero-order valence-electron chi connectivity index (χ0n) is 16.2. The van der Waals surface area contributed by atoms with Crippen LogP contribution in [-0.2, 0) is 35.2 Å². The first kappa shape index (κ1) is 22.5. The number of esters is 2. The van der Waals surface area contributed by atoms with E-state index in [-0.39, 0.29) is 19.7 Å². The van der Waals surface area contributed by atoms with Crippen molar-refractivity contribution in [1.29, 1.82) is 0 Å². The van der Waals surface area contributed by atoms with E-state index in [9.17, 15) is 18.0 Å². The summed E-state index contributed by atoms with van der Waals surface area (Å²) in [6, 6.07) is 15.4. The summed E-state index contributed by atoms with van der Waals surface area (Å²) in [6.45, 7) is 0.0847. The second kappa shape index (κ2) is 10.7. The normalized spacial score (nSPS) is 12.2. The van der Waals surface area contributed by atoms with Crippen molar-refractivity contribution in [2.24, 2.45) is 0 Å². The van der Waals surface area contributed by atoms with Crippen LogP contribution >= 0.6 is 0 Å². The van der Waals surface area contributed by atoms with Crippen LogP contribution in [0.5, 0.6) is 0 Å². The van der Waals surface area contributed by atoms with Crippen LogP contribution in [0.15, 0.2) is 54.6 Å². The van der Waals surface area contributed by atoms with Crippen LogP contribution in [-0.4, -0.2) is 46.8 Å². The molecule has 156 valence electrons. The lowest BCUT2D eigenvalue weighted by Crippen LogP contribution is -2.30. The second-order valence-electron chi connectivity index (χ2n) is 6.18. The Labute approximate surface area is 169 Å². The average Bonchev–Trinajstić information content (AvgIpc) is 2.71. The minimum atomic E-state index is -3.75. The lowest BCUT2D eigenvalue weighted by molar-refractivity contribution is -0.143. The van der Waals surface area contributed by atoms with Crippen molar-refractivity contribution in [1.82, 2.24) is 5.32 Å². The number of nitrogens with one attached hydrogen (secondary N) is 1. The number of carbonyl (C=O) groups excluding carboxylic acids is 2. The van der Waals surface area contributed by atoms with Crippen LogP contribution in [0.1, 0.15) is 27.6 Å². The molecule has 29 heavy (non-hydrogen) atoms. The minimum Gasteiger partial charge on any atom is -0.465 e. The highest BCUT2D eigenvalue weighted by atomic mass is 32.2. The van der Waals surface area contributed by atoms with Gasteiger partial charge < -0.3 is 14.8 Å². The molecule has 0 saturated heterocycles. The van der Waals surface area contributed by atoms with E-state index >= 15 is 0 Å². The number of rotatable bonds is 10. The number of benzene rings is 2. The predicted molar refractivity (Wildman–Crippen MR) is 106 cm³/mol. The summed E-state index contributed by atoms with van der Waals surface area (Å²) in [6.07, 6.45) is 0.0651. The summed E-state index contributed by atoms with van der Waals surface area (Å²) >= 11 is 0. The van der Waals surface area contributed by atoms with Crippen LogP contribution in [0.25, 0.3) is 0 Å². The first-order valence-electron chi connectivity index (χ1n) is 8.75. The van der Waals surface area contributed by atoms with E-state index in [0.717, 1.165) is 11.8 Å². The molecule has 0 bridgehead atoms. The maximum absolute atomic E-state index is 11.9. The van der Waals surface area contributed by atoms with Crippen molar-refractivity contribution in [2.75, 3.05) is 26.5 Å². The molecule has 0 aliphatic rings. The summed E-state index contributed by atoms with van der Waals surface area (Å²) in [7, 11) is -2.48. The summed E-state index contributed by atoms with van der Waals surface area (Å²) in [4.78, 5) is 23.4. The third-order valence-electron chi connectivity index (χ3n) is 3.84. The lowest BCUT2D eigenvalue weighted by Gasteiger charge is -2.17. The molecule has 0 radical (unpaired) electrons. The molecule has 9 heteroatoms. The molecule has 0 aliphatic heterocycles. The highest BCUT2D eigenvalue weighted by molar-refractivity contribution is 7.86. The van der Waals surface area contributed by atoms with Gasteiger partial charge in [0.25, 0.3) is 10.1 Å². The van der Waals surface area contributed by atoms with Crippen molar-refractivity contribution < 1.29 is 31.7 Å². The van der Waals surface area contributed by atoms with Gasteiger partial charge in [-0.25, -0.2) is 4.79 Å². The summed E-state index contributed by atoms with van der Waals surface area (Å²) < 4.78 is 38.0. The topological polar surface area (TPSA) is 108 Å². The molecular formula is C20H23NO7S. The fraction of sp³-hybridized carbons (Fsp3) is 0.300. The van der Waals surface area contributed by atoms with Gasteiger partial charge >= 0.3 is 11.9 Å². The third kappa shape index (κ3) is 8.02. The number of hydrogen-bond acceptors (Lipinski definition) is 8. The fourth-order valence-electron chi connectivity index (χ4n) is 2.46. The van der Waals surface area contributed by atoms with Crippen LogP contribution in [0.4, 0.5) is 0 Å². The van der Waals surface area contributed by atoms with E-state index in [1.807, 2.05) is 30.3 Å². The predicted octanol–water partition coefficient (Wildman–Crippen LogP) is 1.82. The van der Waals surface area contributed by atoms with Crippen LogP contribution in [0.3, 0.4) is 0 Å². The Kier molecular flexibility index (Phi) is 8.32. The molecule has 0 amide bonds. The van der Waals surface area contributed by atoms with Gasteiger partial charge in [0.1, 0.15) is 12.7 Å². The number of methoxy groups -OCH3 is 1. The highest BCUT2D eigenvalue weighted by Crippen LogP contribution is 2.20. The fourth-order valence-corrected chi connectivity index (χ4v) is 3.07. The summed E-state index contributed by atoms with van der Waals surface area (Å²) in [5.74, 6) is -0.982. The van der Waals surface area contributed by atoms with Gasteiger partial charge in [-0.1, -0.05) is 42.5 Å². The Bertz CT molecular complexity index is 912. The van der Waals surface area contributed by atoms with E-state index in [4.69, 9.17) is 8.92 Å². The van der Waals surface area contributed by atoms with E-state index in [0.29, 0.717) is 11.1 Å². The van der Waals surface area contributed by atoms with Crippen molar-refractivity contribution >= 4 is 22.1 Å². The first-order valence-corrected chi connectivity index (χ1v) is 10.6. The largest absolute Gasteiger partial charge is 0.465 e. The molecule has 8 nitrogen and oxygen atoms in total. The second-order valence-corrected chi connectivity index (χ2v) is 7.78. The van der Waals surface area contributed by atoms with Gasteiger partial charge in [0, 0.05) is 6.54 Å². The Morgan fingerprint density at radius 3 is 2.28 bits per heavy atom. The molecule has 2 aromatic carbocycles. The molecule has 1 N–H and O–H groups in total. The van der Waals surface area contributed by atoms with E-state index in [2.05, 4.69) is 10.1 Å². The molecule has 0 saturated carbocycles. The smallest absolute Gasteiger partial charge is 0.337 e. The van der Waals surface area contributed by atoms with E-state index in [1.54, 1.807) is 12.1 Å². The molecule has 0 spiro atoms. The maximum atomic E-state index is 11.9. The van der Waals surface area contributed by atoms with E-state index in [1.165, 1.54) is 19.2 Å². The molecular weight excluding hydrogens is 398 g/mol. The molecule has 2 aromatic rings. The number of carbonyl (C=O) groups is 2. The Morgan fingerprint density at radius 1 is 1.03 bits per heavy atom. The Balaban J connectivity index is 1.92. The van der Waals surface area contributed by atoms with Gasteiger partial charge in [0.15, 0.2) is 0 Å². The molecule has 0 aliphatic carbocycles. The monoisotopic (exact) mass is 421 g/mol. The molecule has 0 fully saturated rings. The molecule has 0 aromatic heterocycles. The average molecular weight is 421 g/mol. The lowest BCUT2D eigenvalue weighted by atomic mass is 10.1. The SMILES string of the molecule is COC(=O)c1ccc(C(CNCC(=O)OCc2ccccc2)OS(C)(=O)=O)cc1. The van der Waals surface area contributed by atoms with Gasteiger partial charge in [-0.15, -0.1) is 0 Å². The summed E-state index contributed by atoms with van der Waals surface area (Å²) in [5.41, 5.74) is 1.71. The van der Waals surface area contributed by atoms with E-state index < -0.39 is 28.2 Å². The number of hydrogen-bond donors (Lipinski definition) is 1. The maximum Gasteiger partial charge on any atom is 0.337 e. The van der Waals surface area contributed by atoms with Crippen molar-refractivity contribution in [2.45, 2.75) is 12.7 Å². The van der Waals surface area contributed by atoms with Crippen LogP contribution < -0.4 is 5.32 Å². The van der Waals surface area contributed by atoms with Crippen LogP contribution in [0.2, 0.25) is 0 Å². The molecule has 1 unspecified atom stereocenters. The Hall–Kier alpha value is -2.75. The standard InChI is InChI=1S/C20H23NO7S/c1-26-20(23)17-10-8-16(9-11-17)18(28-29(2,24)25)12-21-13-19(22)27-14-15-6-4-3-5-7-15/h3-11,18,21H,12-14H2,1-2H3. The van der Waals surface area contributed by atoms with Gasteiger partial charge in [-0.05, 0) is 23.3 Å².